The fourth-order valence-corrected chi connectivity index (χ4v) is 0.300. The van der Waals surface area contributed by atoms with Gasteiger partial charge in [0.1, 0.15) is 0 Å². The number of alkyl halides is 3. The lowest BCUT2D eigenvalue weighted by Crippen LogP contribution is -2.50. The maximum atomic E-state index is 10.6. The number of rotatable bonds is 6. The third kappa shape index (κ3) is 16.1. The lowest BCUT2D eigenvalue weighted by Gasteiger charge is -2.20. The topological polar surface area (TPSA) is 211 Å². The Bertz CT molecular complexity index is 280. The van der Waals surface area contributed by atoms with Gasteiger partial charge in [0.15, 0.2) is 0 Å². The molecule has 0 radical (unpaired) electrons. The van der Waals surface area contributed by atoms with Crippen LogP contribution in [0.1, 0.15) is 0 Å². The summed E-state index contributed by atoms with van der Waals surface area (Å²) in [5.41, 5.74) is 7.88. The lowest BCUT2D eigenvalue weighted by atomic mass is 10.1. The van der Waals surface area contributed by atoms with E-state index in [1.807, 2.05) is 0 Å². The van der Waals surface area contributed by atoms with Gasteiger partial charge in [-0.15, -0.1) is 12.4 Å². The zero-order chi connectivity index (χ0) is 19.3. The number of aliphatic hydroxyl groups is 6. The summed E-state index contributed by atoms with van der Waals surface area (Å²) < 4.78 is 31.7. The molecule has 14 heteroatoms. The van der Waals surface area contributed by atoms with Crippen molar-refractivity contribution < 1.29 is 53.7 Å². The van der Waals surface area contributed by atoms with Crippen LogP contribution >= 0.6 is 12.4 Å². The summed E-state index contributed by atoms with van der Waals surface area (Å²) in [6.45, 7) is -2.42. The first-order valence-electron chi connectivity index (χ1n) is 5.84. The highest BCUT2D eigenvalue weighted by Gasteiger charge is 2.38. The molecule has 150 valence electrons. The van der Waals surface area contributed by atoms with E-state index in [9.17, 15) is 13.2 Å². The van der Waals surface area contributed by atoms with Crippen LogP contribution in [0, 0.1) is 0 Å². The molecular weight excluding hydrogens is 369 g/mol. The smallest absolute Gasteiger partial charge is 0.475 e. The normalized spacial score (nSPS) is 11.3. The Balaban J connectivity index is -0.000000123. The summed E-state index contributed by atoms with van der Waals surface area (Å²) in [6, 6.07) is 0. The van der Waals surface area contributed by atoms with Crippen molar-refractivity contribution in [3.63, 3.8) is 0 Å². The van der Waals surface area contributed by atoms with Gasteiger partial charge in [0.25, 0.3) is 0 Å². The molecule has 0 saturated heterocycles. The number of hydrogen-bond acceptors (Lipinski definition) is 9. The van der Waals surface area contributed by atoms with Crippen LogP contribution < -0.4 is 11.5 Å². The minimum Gasteiger partial charge on any atom is -0.475 e. The number of nitrogens with two attached hydrogens (primary N) is 2. The van der Waals surface area contributed by atoms with E-state index in [4.69, 9.17) is 52.0 Å². The maximum Gasteiger partial charge on any atom is 0.490 e. The molecule has 0 fully saturated rings. The van der Waals surface area contributed by atoms with Gasteiger partial charge in [-0.1, -0.05) is 0 Å². The predicted octanol–water partition coefficient (Wildman–Crippen LogP) is -3.62. The Morgan fingerprint density at radius 2 is 0.833 bits per heavy atom. The number of carboxylic acids is 1. The lowest BCUT2D eigenvalue weighted by molar-refractivity contribution is -0.192. The van der Waals surface area contributed by atoms with Crippen molar-refractivity contribution in [2.45, 2.75) is 17.3 Å². The van der Waals surface area contributed by atoms with Crippen LogP contribution in [0.4, 0.5) is 13.2 Å². The molecule has 0 rings (SSSR count). The van der Waals surface area contributed by atoms with Crippen molar-refractivity contribution in [1.29, 1.82) is 0 Å². The van der Waals surface area contributed by atoms with Crippen LogP contribution in [0.2, 0.25) is 0 Å². The molecule has 11 N–H and O–H groups in total. The Labute approximate surface area is 141 Å². The molecule has 0 aromatic carbocycles. The van der Waals surface area contributed by atoms with E-state index in [0.717, 1.165) is 0 Å². The molecule has 0 amide bonds. The average molecular weight is 393 g/mol. The fraction of sp³-hybridized carbons (Fsp3) is 0.900. The molecule has 0 unspecified atom stereocenters. The van der Waals surface area contributed by atoms with E-state index in [1.54, 1.807) is 0 Å². The zero-order valence-electron chi connectivity index (χ0n) is 12.5. The number of aliphatic carboxylic acids is 1. The standard InChI is InChI=1S/2C4H11NO3.C2HF3O2.ClH/c2*5-4(1-6,2-7)3-8;3-2(4,5)1(6)7;/h2*6-8H,1-3,5H2;(H,6,7);1H. The fourth-order valence-electron chi connectivity index (χ4n) is 0.300. The minimum atomic E-state index is -5.08. The molecule has 10 nitrogen and oxygen atoms in total. The van der Waals surface area contributed by atoms with Crippen LogP contribution in [0.25, 0.3) is 0 Å². The molecule has 0 bridgehead atoms. The van der Waals surface area contributed by atoms with E-state index in [2.05, 4.69) is 0 Å². The van der Waals surface area contributed by atoms with Crippen molar-refractivity contribution in [3.05, 3.63) is 0 Å². The summed E-state index contributed by atoms with van der Waals surface area (Å²) in [4.78, 5) is 8.90. The van der Waals surface area contributed by atoms with Crippen LogP contribution in [-0.2, 0) is 4.79 Å². The summed E-state index contributed by atoms with van der Waals surface area (Å²) in [7, 11) is 0. The molecule has 0 saturated carbocycles. The van der Waals surface area contributed by atoms with Gasteiger partial charge in [0, 0.05) is 0 Å². The van der Waals surface area contributed by atoms with E-state index >= 15 is 0 Å². The predicted molar refractivity (Wildman–Crippen MR) is 77.3 cm³/mol. The van der Waals surface area contributed by atoms with Gasteiger partial charge >= 0.3 is 12.1 Å². The van der Waals surface area contributed by atoms with Crippen molar-refractivity contribution in [1.82, 2.24) is 0 Å². The van der Waals surface area contributed by atoms with Gasteiger partial charge in [-0.05, 0) is 0 Å². The molecule has 0 aliphatic carbocycles. The van der Waals surface area contributed by atoms with Crippen LogP contribution in [0.15, 0.2) is 0 Å². The first kappa shape index (κ1) is 31.0. The van der Waals surface area contributed by atoms with Gasteiger partial charge in [-0.25, -0.2) is 4.79 Å². The van der Waals surface area contributed by atoms with Gasteiger partial charge in [0.05, 0.1) is 50.7 Å². The largest absolute Gasteiger partial charge is 0.490 e. The van der Waals surface area contributed by atoms with Crippen molar-refractivity contribution in [2.75, 3.05) is 39.6 Å². The molecule has 0 spiro atoms. The molecule has 0 aliphatic heterocycles. The highest BCUT2D eigenvalue weighted by Crippen LogP contribution is 2.13. The first-order chi connectivity index (χ1) is 10.3. The Kier molecular flexibility index (Phi) is 18.8. The number of aliphatic hydroxyl groups excluding tert-OH is 6. The molecule has 0 atom stereocenters. The zero-order valence-corrected chi connectivity index (χ0v) is 13.3. The van der Waals surface area contributed by atoms with E-state index in [0.29, 0.717) is 0 Å². The minimum absolute atomic E-state index is 0. The molecular formula is C10H24ClF3N2O8. The number of carbonyl (C=O) groups is 1. The maximum absolute atomic E-state index is 10.6. The molecule has 0 aliphatic rings. The summed E-state index contributed by atoms with van der Waals surface area (Å²) >= 11 is 0. The second-order valence-electron chi connectivity index (χ2n) is 4.48. The third-order valence-electron chi connectivity index (χ3n) is 2.13. The number of halogens is 4. The number of hydrogen-bond donors (Lipinski definition) is 9. The first-order valence-corrected chi connectivity index (χ1v) is 5.84. The summed E-state index contributed by atoms with van der Waals surface area (Å²) in [5.74, 6) is -2.76. The molecule has 24 heavy (non-hydrogen) atoms. The quantitative estimate of drug-likeness (QED) is 0.216. The monoisotopic (exact) mass is 392 g/mol. The van der Waals surface area contributed by atoms with E-state index in [1.165, 1.54) is 0 Å². The van der Waals surface area contributed by atoms with Crippen molar-refractivity contribution in [3.8, 4) is 0 Å². The third-order valence-corrected chi connectivity index (χ3v) is 2.13. The van der Waals surface area contributed by atoms with Crippen LogP contribution in [0.3, 0.4) is 0 Å². The SMILES string of the molecule is Cl.NC(CO)(CO)CO.NC(CO)(CO)CO.O=C(O)C(F)(F)F. The second kappa shape index (κ2) is 14.6. The van der Waals surface area contributed by atoms with Gasteiger partial charge < -0.3 is 47.2 Å². The Morgan fingerprint density at radius 3 is 0.833 bits per heavy atom. The van der Waals surface area contributed by atoms with E-state index < -0.39 is 62.9 Å². The van der Waals surface area contributed by atoms with Gasteiger partial charge in [-0.2, -0.15) is 13.2 Å². The summed E-state index contributed by atoms with van der Waals surface area (Å²) in [6.07, 6.45) is -5.08. The van der Waals surface area contributed by atoms with Crippen molar-refractivity contribution in [2.24, 2.45) is 11.5 Å². The van der Waals surface area contributed by atoms with E-state index in [-0.39, 0.29) is 12.4 Å². The van der Waals surface area contributed by atoms with Crippen LogP contribution in [0.5, 0.6) is 0 Å². The van der Waals surface area contributed by atoms with Crippen LogP contribution in [-0.4, -0.2) is 98.6 Å². The summed E-state index contributed by atoms with van der Waals surface area (Å²) in [5, 5.41) is 57.2. The van der Waals surface area contributed by atoms with Gasteiger partial charge in [0.2, 0.25) is 0 Å². The molecule has 0 aromatic heterocycles. The van der Waals surface area contributed by atoms with Gasteiger partial charge in [-0.3, -0.25) is 0 Å². The Morgan fingerprint density at radius 1 is 0.708 bits per heavy atom. The highest BCUT2D eigenvalue weighted by atomic mass is 35.5. The molecule has 0 heterocycles. The average Bonchev–Trinajstić information content (AvgIpc) is 2.53. The number of carboxylic acid groups (broad SMARTS) is 1. The second-order valence-corrected chi connectivity index (χ2v) is 4.48. The molecule has 0 aromatic rings. The Hall–Kier alpha value is -0.770. The van der Waals surface area contributed by atoms with Crippen molar-refractivity contribution >= 4 is 18.4 Å². The highest BCUT2D eigenvalue weighted by molar-refractivity contribution is 5.85.